The number of nitrogens with one attached hydrogen (secondary N) is 1. The van der Waals surface area contributed by atoms with Crippen molar-refractivity contribution in [3.8, 4) is 0 Å². The lowest BCUT2D eigenvalue weighted by atomic mass is 10.2. The van der Waals surface area contributed by atoms with Gasteiger partial charge in [-0.15, -0.1) is 0 Å². The first-order valence-electron chi connectivity index (χ1n) is 9.73. The molecule has 0 saturated carbocycles. The second kappa shape index (κ2) is 8.33. The van der Waals surface area contributed by atoms with Gasteiger partial charge >= 0.3 is 5.69 Å². The van der Waals surface area contributed by atoms with Crippen LogP contribution in [0, 0.1) is 0 Å². The summed E-state index contributed by atoms with van der Waals surface area (Å²) in [6.07, 6.45) is 0. The lowest BCUT2D eigenvalue weighted by molar-refractivity contribution is 0.101. The molecular weight excluding hydrogens is 446 g/mol. The van der Waals surface area contributed by atoms with Crippen molar-refractivity contribution in [2.45, 2.75) is 21.6 Å². The summed E-state index contributed by atoms with van der Waals surface area (Å²) in [5, 5.41) is 0. The van der Waals surface area contributed by atoms with Gasteiger partial charge in [-0.25, -0.2) is 13.2 Å². The molecule has 1 heterocycles. The van der Waals surface area contributed by atoms with Gasteiger partial charge in [0.1, 0.15) is 0 Å². The molecule has 0 radical (unpaired) electrons. The highest BCUT2D eigenvalue weighted by atomic mass is 32.2. The number of hydrogen-bond donors (Lipinski definition) is 1. The van der Waals surface area contributed by atoms with Gasteiger partial charge < -0.3 is 0 Å². The zero-order valence-corrected chi connectivity index (χ0v) is 19.3. The molecule has 9 heteroatoms. The molecule has 0 spiro atoms. The average Bonchev–Trinajstić information content (AvgIpc) is 2.98. The van der Waals surface area contributed by atoms with Crippen LogP contribution in [0.4, 0.5) is 5.69 Å². The molecule has 0 bridgehead atoms. The van der Waals surface area contributed by atoms with Crippen molar-refractivity contribution in [1.29, 1.82) is 0 Å². The van der Waals surface area contributed by atoms with E-state index in [4.69, 9.17) is 0 Å². The maximum Gasteiger partial charge on any atom is 0.328 e. The molecule has 3 aromatic carbocycles. The predicted molar refractivity (Wildman–Crippen MR) is 126 cm³/mol. The van der Waals surface area contributed by atoms with E-state index in [9.17, 15) is 18.0 Å². The number of sulfonamides is 1. The first-order chi connectivity index (χ1) is 15.2. The van der Waals surface area contributed by atoms with E-state index in [0.717, 1.165) is 4.90 Å². The number of aryl methyl sites for hydroxylation is 2. The Morgan fingerprint density at radius 3 is 2.09 bits per heavy atom. The lowest BCUT2D eigenvalue weighted by Crippen LogP contribution is -2.19. The molecule has 0 saturated heterocycles. The van der Waals surface area contributed by atoms with Gasteiger partial charge in [-0.2, -0.15) is 0 Å². The standard InChI is InChI=1S/C23H21N3O4S2/c1-15(27)16-9-11-18(12-10-16)32(29,30)24-19-13-20-21(26(3)23(28)25(20)2)14-22(19)31-17-7-5-4-6-8-17/h4-14,24H,1-3H3. The summed E-state index contributed by atoms with van der Waals surface area (Å²) in [5.41, 5.74) is 1.91. The van der Waals surface area contributed by atoms with Crippen molar-refractivity contribution in [3.05, 3.63) is 82.8 Å². The Morgan fingerprint density at radius 1 is 0.906 bits per heavy atom. The molecule has 164 valence electrons. The fourth-order valence-electron chi connectivity index (χ4n) is 3.38. The van der Waals surface area contributed by atoms with E-state index in [1.807, 2.05) is 36.4 Å². The second-order valence-electron chi connectivity index (χ2n) is 7.34. The Hall–Kier alpha value is -3.30. The van der Waals surface area contributed by atoms with Crippen LogP contribution >= 0.6 is 11.8 Å². The summed E-state index contributed by atoms with van der Waals surface area (Å²) in [6, 6.07) is 18.8. The van der Waals surface area contributed by atoms with Gasteiger partial charge in [-0.05, 0) is 43.3 Å². The Balaban J connectivity index is 1.82. The summed E-state index contributed by atoms with van der Waals surface area (Å²) in [4.78, 5) is 25.6. The van der Waals surface area contributed by atoms with Crippen molar-refractivity contribution in [3.63, 3.8) is 0 Å². The minimum atomic E-state index is -3.92. The Bertz CT molecular complexity index is 1490. The normalized spacial score (nSPS) is 11.6. The molecular formula is C23H21N3O4S2. The Labute approximate surface area is 189 Å². The van der Waals surface area contributed by atoms with Gasteiger partial charge in [-0.3, -0.25) is 18.7 Å². The van der Waals surface area contributed by atoms with Crippen molar-refractivity contribution >= 4 is 44.3 Å². The van der Waals surface area contributed by atoms with E-state index in [2.05, 4.69) is 4.72 Å². The quantitative estimate of drug-likeness (QED) is 0.433. The van der Waals surface area contributed by atoms with Crippen molar-refractivity contribution in [2.24, 2.45) is 14.1 Å². The van der Waals surface area contributed by atoms with Crippen LogP contribution in [-0.2, 0) is 24.1 Å². The third kappa shape index (κ3) is 4.09. The summed E-state index contributed by atoms with van der Waals surface area (Å²) in [7, 11) is -0.595. The molecule has 1 aromatic heterocycles. The van der Waals surface area contributed by atoms with Crippen LogP contribution in [-0.4, -0.2) is 23.3 Å². The summed E-state index contributed by atoms with van der Waals surface area (Å²) in [5.74, 6) is -0.140. The van der Waals surface area contributed by atoms with Crippen LogP contribution in [0.3, 0.4) is 0 Å². The second-order valence-corrected chi connectivity index (χ2v) is 10.1. The van der Waals surface area contributed by atoms with Crippen LogP contribution in [0.2, 0.25) is 0 Å². The number of benzene rings is 3. The fraction of sp³-hybridized carbons (Fsp3) is 0.130. The molecule has 4 aromatic rings. The maximum atomic E-state index is 13.1. The number of anilines is 1. The Morgan fingerprint density at radius 2 is 1.50 bits per heavy atom. The molecule has 1 N–H and O–H groups in total. The van der Waals surface area contributed by atoms with E-state index in [-0.39, 0.29) is 16.4 Å². The third-order valence-electron chi connectivity index (χ3n) is 5.16. The summed E-state index contributed by atoms with van der Waals surface area (Å²) in [6.45, 7) is 1.42. The van der Waals surface area contributed by atoms with Crippen molar-refractivity contribution in [2.75, 3.05) is 4.72 Å². The largest absolute Gasteiger partial charge is 0.328 e. The van der Waals surface area contributed by atoms with Crippen LogP contribution in [0.1, 0.15) is 17.3 Å². The molecule has 4 rings (SSSR count). The van der Waals surface area contributed by atoms with Crippen molar-refractivity contribution < 1.29 is 13.2 Å². The first kappa shape index (κ1) is 21.9. The summed E-state index contributed by atoms with van der Waals surface area (Å²) >= 11 is 1.40. The van der Waals surface area contributed by atoms with Crippen molar-refractivity contribution in [1.82, 2.24) is 9.13 Å². The molecule has 7 nitrogen and oxygen atoms in total. The maximum absolute atomic E-state index is 13.1. The molecule has 0 aliphatic rings. The first-order valence-corrected chi connectivity index (χ1v) is 12.0. The number of carbonyl (C=O) groups excluding carboxylic acids is 1. The number of nitrogens with zero attached hydrogens (tertiary/aromatic N) is 2. The molecule has 0 unspecified atom stereocenters. The lowest BCUT2D eigenvalue weighted by Gasteiger charge is -2.14. The number of carbonyl (C=O) groups is 1. The highest BCUT2D eigenvalue weighted by Gasteiger charge is 2.20. The SMILES string of the molecule is CC(=O)c1ccc(S(=O)(=O)Nc2cc3c(cc2Sc2ccccc2)n(C)c(=O)n3C)cc1. The van der Waals surface area contributed by atoms with Crippen LogP contribution in [0.25, 0.3) is 11.0 Å². The number of fused-ring (bicyclic) bond motifs is 1. The zero-order chi connectivity index (χ0) is 23.0. The van der Waals surface area contributed by atoms with E-state index in [0.29, 0.717) is 27.2 Å². The van der Waals surface area contributed by atoms with E-state index in [1.54, 1.807) is 20.2 Å². The van der Waals surface area contributed by atoms with Crippen LogP contribution in [0.5, 0.6) is 0 Å². The van der Waals surface area contributed by atoms with E-state index < -0.39 is 10.0 Å². The predicted octanol–water partition coefficient (Wildman–Crippen LogP) is 4.03. The monoisotopic (exact) mass is 467 g/mol. The van der Waals surface area contributed by atoms with Gasteiger partial charge in [0.05, 0.1) is 21.6 Å². The Kier molecular flexibility index (Phi) is 5.70. The molecule has 0 aliphatic carbocycles. The minimum absolute atomic E-state index is 0.0419. The number of ketones is 1. The summed E-state index contributed by atoms with van der Waals surface area (Å²) < 4.78 is 31.9. The topological polar surface area (TPSA) is 90.2 Å². The van der Waals surface area contributed by atoms with E-state index >= 15 is 0 Å². The van der Waals surface area contributed by atoms with E-state index in [1.165, 1.54) is 52.1 Å². The zero-order valence-electron chi connectivity index (χ0n) is 17.7. The molecule has 0 fully saturated rings. The fourth-order valence-corrected chi connectivity index (χ4v) is 5.45. The van der Waals surface area contributed by atoms with Gasteiger partial charge in [-0.1, -0.05) is 42.1 Å². The molecule has 0 atom stereocenters. The van der Waals surface area contributed by atoms with Gasteiger partial charge in [0.25, 0.3) is 10.0 Å². The van der Waals surface area contributed by atoms with Gasteiger partial charge in [0.2, 0.25) is 0 Å². The average molecular weight is 468 g/mol. The van der Waals surface area contributed by atoms with Gasteiger partial charge in [0, 0.05) is 29.4 Å². The van der Waals surface area contributed by atoms with Crippen LogP contribution in [0.15, 0.2) is 86.2 Å². The smallest absolute Gasteiger partial charge is 0.295 e. The van der Waals surface area contributed by atoms with Gasteiger partial charge in [0.15, 0.2) is 5.78 Å². The molecule has 0 amide bonds. The number of imidazole rings is 1. The molecule has 0 aliphatic heterocycles. The third-order valence-corrected chi connectivity index (χ3v) is 7.61. The number of rotatable bonds is 6. The molecule has 32 heavy (non-hydrogen) atoms. The highest BCUT2D eigenvalue weighted by Crippen LogP contribution is 2.37. The number of Topliss-reactive ketones (excluding diaryl/α,β-unsaturated/α-hetero) is 1. The van der Waals surface area contributed by atoms with Crippen LogP contribution < -0.4 is 10.4 Å². The number of aromatic nitrogens is 2. The highest BCUT2D eigenvalue weighted by molar-refractivity contribution is 7.99. The number of hydrogen-bond acceptors (Lipinski definition) is 5. The minimum Gasteiger partial charge on any atom is -0.295 e.